The lowest BCUT2D eigenvalue weighted by Crippen LogP contribution is -1.96. The second kappa shape index (κ2) is 5.70. The van der Waals surface area contributed by atoms with E-state index in [0.29, 0.717) is 0 Å². The molecule has 5 rings (SSSR count). The zero-order valence-corrected chi connectivity index (χ0v) is 14.2. The molecule has 0 saturated heterocycles. The molecule has 6 nitrogen and oxygen atoms in total. The highest BCUT2D eigenvalue weighted by Crippen LogP contribution is 2.30. The number of hydrogen-bond acceptors (Lipinski definition) is 3. The maximum atomic E-state index is 4.81. The van der Waals surface area contributed by atoms with Gasteiger partial charge in [0, 0.05) is 18.8 Å². The molecule has 3 heterocycles. The number of rotatable bonds is 3. The molecule has 0 bridgehead atoms. The van der Waals surface area contributed by atoms with Crippen molar-refractivity contribution in [1.29, 1.82) is 0 Å². The first-order chi connectivity index (χ1) is 12.8. The van der Waals surface area contributed by atoms with Gasteiger partial charge in [-0.1, -0.05) is 48.5 Å². The molecule has 2 aromatic carbocycles. The van der Waals surface area contributed by atoms with Gasteiger partial charge in [0.15, 0.2) is 5.65 Å². The minimum absolute atomic E-state index is 0.786. The third kappa shape index (κ3) is 2.31. The third-order valence-electron chi connectivity index (χ3n) is 4.35. The van der Waals surface area contributed by atoms with Gasteiger partial charge in [0.1, 0.15) is 17.0 Å². The number of aromatic amines is 1. The molecule has 0 fully saturated rings. The number of nitrogens with one attached hydrogen (secondary N) is 1. The van der Waals surface area contributed by atoms with Gasteiger partial charge in [-0.2, -0.15) is 10.2 Å². The topological polar surface area (TPSA) is 64.3 Å². The molecule has 3 aromatic heterocycles. The predicted molar refractivity (Wildman–Crippen MR) is 101 cm³/mol. The summed E-state index contributed by atoms with van der Waals surface area (Å²) in [5.74, 6) is 0.786. The van der Waals surface area contributed by atoms with E-state index < -0.39 is 0 Å². The van der Waals surface area contributed by atoms with Crippen molar-refractivity contribution < 1.29 is 0 Å². The van der Waals surface area contributed by atoms with Crippen LogP contribution in [0.15, 0.2) is 73.1 Å². The molecule has 1 N–H and O–H groups in total. The van der Waals surface area contributed by atoms with E-state index in [1.54, 1.807) is 6.20 Å². The smallest absolute Gasteiger partial charge is 0.181 e. The zero-order chi connectivity index (χ0) is 17.5. The minimum atomic E-state index is 0.786. The number of benzene rings is 2. The molecule has 0 aliphatic heterocycles. The Bertz CT molecular complexity index is 1180. The zero-order valence-electron chi connectivity index (χ0n) is 14.2. The van der Waals surface area contributed by atoms with Crippen molar-refractivity contribution >= 4 is 11.2 Å². The number of aryl methyl sites for hydroxylation is 1. The number of para-hydroxylation sites is 1. The van der Waals surface area contributed by atoms with Crippen molar-refractivity contribution in [1.82, 2.24) is 29.5 Å². The highest BCUT2D eigenvalue weighted by molar-refractivity contribution is 5.83. The van der Waals surface area contributed by atoms with E-state index in [0.717, 1.165) is 39.5 Å². The average Bonchev–Trinajstić information content (AvgIpc) is 3.36. The van der Waals surface area contributed by atoms with Crippen LogP contribution in [0.4, 0.5) is 0 Å². The highest BCUT2D eigenvalue weighted by atomic mass is 15.3. The molecule has 126 valence electrons. The van der Waals surface area contributed by atoms with E-state index in [-0.39, 0.29) is 0 Å². The summed E-state index contributed by atoms with van der Waals surface area (Å²) < 4.78 is 3.66. The van der Waals surface area contributed by atoms with Gasteiger partial charge >= 0.3 is 0 Å². The Hall–Kier alpha value is -3.67. The number of imidazole rings is 1. The van der Waals surface area contributed by atoms with Gasteiger partial charge in [0.05, 0.1) is 17.4 Å². The molecule has 0 amide bonds. The Balaban J connectivity index is 1.67. The van der Waals surface area contributed by atoms with Crippen molar-refractivity contribution in [2.45, 2.75) is 0 Å². The Morgan fingerprint density at radius 3 is 2.42 bits per heavy atom. The summed E-state index contributed by atoms with van der Waals surface area (Å²) in [6.45, 7) is 0. The summed E-state index contributed by atoms with van der Waals surface area (Å²) in [6, 6.07) is 20.1. The second-order valence-corrected chi connectivity index (χ2v) is 6.15. The summed E-state index contributed by atoms with van der Waals surface area (Å²) in [4.78, 5) is 8.19. The van der Waals surface area contributed by atoms with Crippen LogP contribution in [0.25, 0.3) is 39.5 Å². The number of fused-ring (bicyclic) bond motifs is 1. The van der Waals surface area contributed by atoms with Gasteiger partial charge < -0.3 is 4.98 Å². The fraction of sp³-hybridized carbons (Fsp3) is 0.0500. The molecule has 0 unspecified atom stereocenters. The largest absolute Gasteiger partial charge is 0.335 e. The Morgan fingerprint density at radius 1 is 0.923 bits per heavy atom. The molecule has 0 radical (unpaired) electrons. The van der Waals surface area contributed by atoms with E-state index in [1.807, 2.05) is 71.1 Å². The fourth-order valence-corrected chi connectivity index (χ4v) is 3.16. The van der Waals surface area contributed by atoms with Gasteiger partial charge in [0.2, 0.25) is 0 Å². The fourth-order valence-electron chi connectivity index (χ4n) is 3.16. The van der Waals surface area contributed by atoms with Crippen LogP contribution >= 0.6 is 0 Å². The number of nitrogens with zero attached hydrogens (tertiary/aromatic N) is 5. The van der Waals surface area contributed by atoms with Crippen LogP contribution in [0.3, 0.4) is 0 Å². The van der Waals surface area contributed by atoms with Crippen molar-refractivity contribution in [3.63, 3.8) is 0 Å². The van der Waals surface area contributed by atoms with Gasteiger partial charge in [-0.15, -0.1) is 0 Å². The first-order valence-corrected chi connectivity index (χ1v) is 8.38. The van der Waals surface area contributed by atoms with E-state index in [1.165, 1.54) is 0 Å². The normalized spacial score (nSPS) is 11.3. The predicted octanol–water partition coefficient (Wildman–Crippen LogP) is 3.82. The molecule has 0 atom stereocenters. The average molecular weight is 340 g/mol. The second-order valence-electron chi connectivity index (χ2n) is 6.15. The highest BCUT2D eigenvalue weighted by Gasteiger charge is 2.17. The van der Waals surface area contributed by atoms with E-state index in [9.17, 15) is 0 Å². The molecule has 0 aliphatic carbocycles. The van der Waals surface area contributed by atoms with Crippen molar-refractivity contribution in [2.24, 2.45) is 7.05 Å². The third-order valence-corrected chi connectivity index (χ3v) is 4.35. The lowest BCUT2D eigenvalue weighted by atomic mass is 10.1. The first-order valence-electron chi connectivity index (χ1n) is 8.38. The van der Waals surface area contributed by atoms with Crippen LogP contribution in [0.5, 0.6) is 0 Å². The summed E-state index contributed by atoms with van der Waals surface area (Å²) >= 11 is 0. The van der Waals surface area contributed by atoms with E-state index in [4.69, 9.17) is 4.98 Å². The molecule has 6 heteroatoms. The molecular weight excluding hydrogens is 324 g/mol. The number of H-pyrrole nitrogens is 1. The van der Waals surface area contributed by atoms with Crippen molar-refractivity contribution in [2.75, 3.05) is 0 Å². The molecule has 26 heavy (non-hydrogen) atoms. The lowest BCUT2D eigenvalue weighted by Gasteiger charge is -2.01. The minimum Gasteiger partial charge on any atom is -0.335 e. The SMILES string of the molecule is Cn1cc(-c2nc3c(cnn3-c3ccccc3)[nH]2)c(-c2ccccc2)n1. The Labute approximate surface area is 149 Å². The Kier molecular flexibility index (Phi) is 3.21. The summed E-state index contributed by atoms with van der Waals surface area (Å²) in [6.07, 6.45) is 3.79. The number of hydrogen-bond donors (Lipinski definition) is 1. The lowest BCUT2D eigenvalue weighted by molar-refractivity contribution is 0.771. The van der Waals surface area contributed by atoms with Gasteiger partial charge in [-0.05, 0) is 12.1 Å². The van der Waals surface area contributed by atoms with Crippen molar-refractivity contribution in [3.8, 4) is 28.3 Å². The van der Waals surface area contributed by atoms with Gasteiger partial charge in [0.25, 0.3) is 0 Å². The van der Waals surface area contributed by atoms with E-state index >= 15 is 0 Å². The van der Waals surface area contributed by atoms with Crippen LogP contribution in [0.1, 0.15) is 0 Å². The van der Waals surface area contributed by atoms with E-state index in [2.05, 4.69) is 27.3 Å². The maximum absolute atomic E-state index is 4.81. The van der Waals surface area contributed by atoms with Crippen LogP contribution in [0, 0.1) is 0 Å². The van der Waals surface area contributed by atoms with Crippen molar-refractivity contribution in [3.05, 3.63) is 73.1 Å². The standard InChI is InChI=1S/C20H16N6/c1-25-13-16(18(24-25)14-8-4-2-5-9-14)19-22-17-12-21-26(20(17)23-19)15-10-6-3-7-11-15/h2-13H,1H3,(H,22,23). The Morgan fingerprint density at radius 2 is 1.65 bits per heavy atom. The number of aromatic nitrogens is 6. The molecule has 0 spiro atoms. The molecular formula is C20H16N6. The van der Waals surface area contributed by atoms with Crippen LogP contribution in [0.2, 0.25) is 0 Å². The molecule has 5 aromatic rings. The van der Waals surface area contributed by atoms with Gasteiger partial charge in [-0.25, -0.2) is 9.67 Å². The summed E-state index contributed by atoms with van der Waals surface area (Å²) in [7, 11) is 1.92. The monoisotopic (exact) mass is 340 g/mol. The maximum Gasteiger partial charge on any atom is 0.181 e. The van der Waals surface area contributed by atoms with Crippen LogP contribution in [-0.4, -0.2) is 29.5 Å². The molecule has 0 saturated carbocycles. The molecule has 0 aliphatic rings. The van der Waals surface area contributed by atoms with Crippen LogP contribution < -0.4 is 0 Å². The quantitative estimate of drug-likeness (QED) is 0.543. The summed E-state index contributed by atoms with van der Waals surface area (Å²) in [5, 5.41) is 9.07. The van der Waals surface area contributed by atoms with Crippen LogP contribution in [-0.2, 0) is 7.05 Å². The van der Waals surface area contributed by atoms with Gasteiger partial charge in [-0.3, -0.25) is 4.68 Å². The summed E-state index contributed by atoms with van der Waals surface area (Å²) in [5.41, 5.74) is 5.61. The first kappa shape index (κ1) is 14.7.